The van der Waals surface area contributed by atoms with Crippen LogP contribution in [0.2, 0.25) is 0 Å². The molecule has 1 aromatic rings. The molecule has 8 heteroatoms. The Balaban J connectivity index is 1.63. The summed E-state index contributed by atoms with van der Waals surface area (Å²) in [7, 11) is 0. The summed E-state index contributed by atoms with van der Waals surface area (Å²) in [5.41, 5.74) is 0.909. The largest absolute Gasteiger partial charge is 0.350 e. The van der Waals surface area contributed by atoms with Crippen LogP contribution < -0.4 is 16.2 Å². The molecule has 2 aliphatic rings. The van der Waals surface area contributed by atoms with E-state index in [1.165, 1.54) is 0 Å². The number of pyridine rings is 1. The lowest BCUT2D eigenvalue weighted by Crippen LogP contribution is -2.49. The van der Waals surface area contributed by atoms with Crippen LogP contribution in [-0.4, -0.2) is 39.8 Å². The third-order valence-corrected chi connectivity index (χ3v) is 5.21. The molecule has 1 aliphatic heterocycles. The molecule has 1 saturated carbocycles. The van der Waals surface area contributed by atoms with E-state index in [1.807, 2.05) is 6.07 Å². The van der Waals surface area contributed by atoms with Gasteiger partial charge >= 0.3 is 6.03 Å². The van der Waals surface area contributed by atoms with Crippen molar-refractivity contribution in [3.8, 4) is 0 Å². The highest BCUT2D eigenvalue weighted by atomic mass is 16.2. The normalized spacial score (nSPS) is 18.9. The van der Waals surface area contributed by atoms with Crippen molar-refractivity contribution < 1.29 is 14.4 Å². The third-order valence-electron chi connectivity index (χ3n) is 5.21. The van der Waals surface area contributed by atoms with Crippen LogP contribution in [0.5, 0.6) is 0 Å². The van der Waals surface area contributed by atoms with E-state index in [4.69, 9.17) is 0 Å². The number of urea groups is 1. The summed E-state index contributed by atoms with van der Waals surface area (Å²) in [6.45, 7) is 3.30. The van der Waals surface area contributed by atoms with Crippen LogP contribution in [0.3, 0.4) is 0 Å². The first-order valence-corrected chi connectivity index (χ1v) is 8.93. The zero-order valence-corrected chi connectivity index (χ0v) is 15.1. The standard InChI is InChI=1S/C18H24N4O4/c1-11-8-12(2)20-15(24)13(11)9-19-14(23)10-22-16(25)18(21-17(22)26)6-4-3-5-7-18/h8H,3-7,9-10H2,1-2H3,(H,19,23)(H,20,24)(H,21,26). The number of aryl methyl sites for hydroxylation is 2. The quantitative estimate of drug-likeness (QED) is 0.692. The van der Waals surface area contributed by atoms with Crippen LogP contribution in [0.15, 0.2) is 10.9 Å². The Morgan fingerprint density at radius 2 is 1.88 bits per heavy atom. The predicted molar refractivity (Wildman–Crippen MR) is 94.4 cm³/mol. The number of H-pyrrole nitrogens is 1. The molecule has 0 radical (unpaired) electrons. The van der Waals surface area contributed by atoms with Crippen molar-refractivity contribution >= 4 is 17.8 Å². The van der Waals surface area contributed by atoms with E-state index in [0.717, 1.165) is 35.4 Å². The predicted octanol–water partition coefficient (Wildman–Crippen LogP) is 0.863. The first kappa shape index (κ1) is 18.2. The molecule has 0 unspecified atom stereocenters. The molecule has 1 spiro atoms. The van der Waals surface area contributed by atoms with Crippen molar-refractivity contribution in [1.29, 1.82) is 0 Å². The molecule has 2 fully saturated rings. The molecular formula is C18H24N4O4. The lowest BCUT2D eigenvalue weighted by molar-refractivity contribution is -0.135. The van der Waals surface area contributed by atoms with Crippen molar-refractivity contribution in [3.05, 3.63) is 33.2 Å². The number of carbonyl (C=O) groups excluding carboxylic acids is 3. The van der Waals surface area contributed by atoms with Crippen molar-refractivity contribution in [3.63, 3.8) is 0 Å². The maximum absolute atomic E-state index is 12.7. The zero-order valence-electron chi connectivity index (χ0n) is 15.1. The van der Waals surface area contributed by atoms with Gasteiger partial charge in [0.1, 0.15) is 12.1 Å². The van der Waals surface area contributed by atoms with Gasteiger partial charge in [0.15, 0.2) is 0 Å². The lowest BCUT2D eigenvalue weighted by Gasteiger charge is -2.30. The first-order valence-electron chi connectivity index (χ1n) is 8.93. The summed E-state index contributed by atoms with van der Waals surface area (Å²) >= 11 is 0. The van der Waals surface area contributed by atoms with Gasteiger partial charge in [-0.3, -0.25) is 19.3 Å². The second kappa shape index (κ2) is 6.93. The highest BCUT2D eigenvalue weighted by Crippen LogP contribution is 2.33. The van der Waals surface area contributed by atoms with Gasteiger partial charge in [0.05, 0.1) is 0 Å². The maximum atomic E-state index is 12.7. The molecule has 1 aromatic heterocycles. The molecule has 0 atom stereocenters. The van der Waals surface area contributed by atoms with E-state index < -0.39 is 17.5 Å². The van der Waals surface area contributed by atoms with E-state index in [9.17, 15) is 19.2 Å². The van der Waals surface area contributed by atoms with Gasteiger partial charge in [-0.2, -0.15) is 0 Å². The SMILES string of the molecule is Cc1cc(C)c(CNC(=O)CN2C(=O)NC3(CCCCC3)C2=O)c(=O)[nH]1. The van der Waals surface area contributed by atoms with Crippen molar-refractivity contribution in [2.45, 2.75) is 58.0 Å². The fraction of sp³-hybridized carbons (Fsp3) is 0.556. The average molecular weight is 360 g/mol. The molecule has 26 heavy (non-hydrogen) atoms. The van der Waals surface area contributed by atoms with Gasteiger partial charge in [-0.05, 0) is 38.3 Å². The lowest BCUT2D eigenvalue weighted by atomic mass is 9.82. The summed E-state index contributed by atoms with van der Waals surface area (Å²) in [6.07, 6.45) is 4.07. The summed E-state index contributed by atoms with van der Waals surface area (Å²) in [4.78, 5) is 52.7. The number of carbonyl (C=O) groups is 3. The molecular weight excluding hydrogens is 336 g/mol. The summed E-state index contributed by atoms with van der Waals surface area (Å²) in [5, 5.41) is 5.40. The van der Waals surface area contributed by atoms with E-state index in [2.05, 4.69) is 15.6 Å². The van der Waals surface area contributed by atoms with Crippen molar-refractivity contribution in [2.75, 3.05) is 6.54 Å². The van der Waals surface area contributed by atoms with Crippen molar-refractivity contribution in [2.24, 2.45) is 0 Å². The van der Waals surface area contributed by atoms with Gasteiger partial charge in [0.2, 0.25) is 5.91 Å². The van der Waals surface area contributed by atoms with Crippen LogP contribution in [-0.2, 0) is 16.1 Å². The van der Waals surface area contributed by atoms with E-state index in [1.54, 1.807) is 13.8 Å². The molecule has 1 saturated heterocycles. The summed E-state index contributed by atoms with van der Waals surface area (Å²) < 4.78 is 0. The van der Waals surface area contributed by atoms with Gasteiger partial charge in [-0.1, -0.05) is 19.3 Å². The number of nitrogens with zero attached hydrogens (tertiary/aromatic N) is 1. The van der Waals surface area contributed by atoms with E-state index in [-0.39, 0.29) is 24.6 Å². The molecule has 3 rings (SSSR count). The molecule has 0 aromatic carbocycles. The fourth-order valence-corrected chi connectivity index (χ4v) is 3.80. The monoisotopic (exact) mass is 360 g/mol. The van der Waals surface area contributed by atoms with Gasteiger partial charge in [-0.15, -0.1) is 0 Å². The second-order valence-electron chi connectivity index (χ2n) is 7.18. The molecule has 8 nitrogen and oxygen atoms in total. The summed E-state index contributed by atoms with van der Waals surface area (Å²) in [5.74, 6) is -0.789. The summed E-state index contributed by atoms with van der Waals surface area (Å²) in [6, 6.07) is 1.31. The van der Waals surface area contributed by atoms with Crippen LogP contribution in [0.4, 0.5) is 4.79 Å². The first-order chi connectivity index (χ1) is 12.3. The van der Waals surface area contributed by atoms with Crippen LogP contribution in [0, 0.1) is 13.8 Å². The van der Waals surface area contributed by atoms with Crippen LogP contribution in [0.25, 0.3) is 0 Å². The highest BCUT2D eigenvalue weighted by Gasteiger charge is 2.51. The fourth-order valence-electron chi connectivity index (χ4n) is 3.80. The number of hydrogen-bond acceptors (Lipinski definition) is 4. The zero-order chi connectivity index (χ0) is 18.9. The van der Waals surface area contributed by atoms with Gasteiger partial charge in [-0.25, -0.2) is 4.79 Å². The van der Waals surface area contributed by atoms with E-state index >= 15 is 0 Å². The number of nitrogens with one attached hydrogen (secondary N) is 3. The molecule has 1 aliphatic carbocycles. The maximum Gasteiger partial charge on any atom is 0.325 e. The Kier molecular flexibility index (Phi) is 4.84. The number of hydrogen-bond donors (Lipinski definition) is 3. The smallest absolute Gasteiger partial charge is 0.325 e. The third kappa shape index (κ3) is 3.36. The molecule has 4 amide bonds. The van der Waals surface area contributed by atoms with Gasteiger partial charge in [0, 0.05) is 17.8 Å². The Morgan fingerprint density at radius 1 is 1.19 bits per heavy atom. The number of aromatic amines is 1. The molecule has 140 valence electrons. The van der Waals surface area contributed by atoms with Gasteiger partial charge < -0.3 is 15.6 Å². The van der Waals surface area contributed by atoms with Crippen molar-refractivity contribution in [1.82, 2.24) is 20.5 Å². The minimum Gasteiger partial charge on any atom is -0.350 e. The molecule has 3 N–H and O–H groups in total. The number of amides is 4. The van der Waals surface area contributed by atoms with Crippen LogP contribution in [0.1, 0.15) is 48.9 Å². The highest BCUT2D eigenvalue weighted by molar-refractivity contribution is 6.09. The average Bonchev–Trinajstić information content (AvgIpc) is 2.79. The Hall–Kier alpha value is -2.64. The minimum atomic E-state index is -0.833. The second-order valence-corrected chi connectivity index (χ2v) is 7.18. The minimum absolute atomic E-state index is 0.0507. The molecule has 2 heterocycles. The van der Waals surface area contributed by atoms with E-state index in [0.29, 0.717) is 18.4 Å². The Bertz CT molecular complexity index is 808. The topological polar surface area (TPSA) is 111 Å². The number of aromatic nitrogens is 1. The van der Waals surface area contributed by atoms with Gasteiger partial charge in [0.25, 0.3) is 11.5 Å². The Labute approximate surface area is 151 Å². The number of imide groups is 1. The Morgan fingerprint density at radius 3 is 2.54 bits per heavy atom. The van der Waals surface area contributed by atoms with Crippen LogP contribution >= 0.6 is 0 Å². The number of rotatable bonds is 4. The molecule has 0 bridgehead atoms.